The second kappa shape index (κ2) is 10.9. The van der Waals surface area contributed by atoms with E-state index in [0.717, 1.165) is 17.0 Å². The molecule has 1 aromatic carbocycles. The normalized spacial score (nSPS) is 11.8. The first-order chi connectivity index (χ1) is 15.5. The third-order valence-electron chi connectivity index (χ3n) is 4.93. The Bertz CT molecular complexity index is 1060. The van der Waals surface area contributed by atoms with Crippen LogP contribution in [0.3, 0.4) is 0 Å². The Kier molecular flexibility index (Phi) is 7.80. The van der Waals surface area contributed by atoms with Gasteiger partial charge in [-0.3, -0.25) is 9.78 Å². The summed E-state index contributed by atoms with van der Waals surface area (Å²) < 4.78 is 15.5. The van der Waals surface area contributed by atoms with E-state index in [0.29, 0.717) is 12.2 Å². The number of carbonyl (C=O) groups is 2. The third-order valence-corrected chi connectivity index (χ3v) is 4.93. The molecule has 7 heteroatoms. The molecule has 3 aromatic rings. The van der Waals surface area contributed by atoms with Gasteiger partial charge in [0.05, 0.1) is 38.3 Å². The lowest BCUT2D eigenvalue weighted by atomic mass is 10.1. The Morgan fingerprint density at radius 1 is 1.16 bits per heavy atom. The van der Waals surface area contributed by atoms with Crippen molar-refractivity contribution in [2.45, 2.75) is 26.4 Å². The molecule has 2 heterocycles. The van der Waals surface area contributed by atoms with Crippen molar-refractivity contribution in [3.63, 3.8) is 0 Å². The van der Waals surface area contributed by atoms with Crippen molar-refractivity contribution in [3.05, 3.63) is 89.6 Å². The van der Waals surface area contributed by atoms with E-state index in [2.05, 4.69) is 4.98 Å². The maximum absolute atomic E-state index is 13.2. The molecule has 0 spiro atoms. The Morgan fingerprint density at radius 2 is 1.94 bits per heavy atom. The minimum absolute atomic E-state index is 0.0778. The highest BCUT2D eigenvalue weighted by molar-refractivity contribution is 5.92. The third kappa shape index (κ3) is 5.63. The summed E-state index contributed by atoms with van der Waals surface area (Å²) in [6, 6.07) is 14.3. The van der Waals surface area contributed by atoms with Gasteiger partial charge in [-0.1, -0.05) is 18.2 Å². The minimum atomic E-state index is -0.590. The summed E-state index contributed by atoms with van der Waals surface area (Å²) in [6.07, 6.45) is 6.34. The van der Waals surface area contributed by atoms with Gasteiger partial charge < -0.3 is 18.8 Å². The molecule has 0 fully saturated rings. The topological polar surface area (TPSA) is 81.9 Å². The standard InChI is InChI=1S/C25H26N2O5/c1-4-31-21-11-8-19(9-12-21)10-13-23(28)27(18(2)22-7-5-6-15-26-22)17-20-14-16-32-24(20)25(29)30-3/h5-16,18H,4,17H2,1-3H3/b13-10-/t18-/m0/s1. The van der Waals surface area contributed by atoms with Crippen LogP contribution in [0.2, 0.25) is 0 Å². The molecule has 0 aliphatic carbocycles. The zero-order valence-electron chi connectivity index (χ0n) is 18.4. The molecule has 1 atom stereocenters. The van der Waals surface area contributed by atoms with Gasteiger partial charge in [0.15, 0.2) is 0 Å². The van der Waals surface area contributed by atoms with Gasteiger partial charge in [0, 0.05) is 17.8 Å². The van der Waals surface area contributed by atoms with Crippen LogP contribution in [0.15, 0.2) is 71.5 Å². The highest BCUT2D eigenvalue weighted by Gasteiger charge is 2.25. The van der Waals surface area contributed by atoms with Crippen molar-refractivity contribution in [2.75, 3.05) is 13.7 Å². The van der Waals surface area contributed by atoms with Crippen molar-refractivity contribution in [1.82, 2.24) is 9.88 Å². The van der Waals surface area contributed by atoms with Crippen molar-refractivity contribution < 1.29 is 23.5 Å². The van der Waals surface area contributed by atoms with Gasteiger partial charge in [-0.2, -0.15) is 0 Å². The number of carbonyl (C=O) groups excluding carboxylic acids is 2. The monoisotopic (exact) mass is 434 g/mol. The number of benzene rings is 1. The van der Waals surface area contributed by atoms with Gasteiger partial charge in [-0.25, -0.2) is 4.79 Å². The molecule has 166 valence electrons. The predicted octanol–water partition coefficient (Wildman–Crippen LogP) is 4.66. The van der Waals surface area contributed by atoms with E-state index >= 15 is 0 Å². The Labute approximate surface area is 187 Å². The van der Waals surface area contributed by atoms with Crippen LogP contribution >= 0.6 is 0 Å². The fraction of sp³-hybridized carbons (Fsp3) is 0.240. The number of ether oxygens (including phenoxy) is 2. The largest absolute Gasteiger partial charge is 0.494 e. The van der Waals surface area contributed by atoms with E-state index in [-0.39, 0.29) is 24.3 Å². The lowest BCUT2D eigenvalue weighted by Gasteiger charge is -2.28. The fourth-order valence-electron chi connectivity index (χ4n) is 3.21. The minimum Gasteiger partial charge on any atom is -0.494 e. The smallest absolute Gasteiger partial charge is 0.374 e. The van der Waals surface area contributed by atoms with Gasteiger partial charge >= 0.3 is 5.97 Å². The number of rotatable bonds is 9. The van der Waals surface area contributed by atoms with Crippen LogP contribution in [-0.4, -0.2) is 35.5 Å². The van der Waals surface area contributed by atoms with E-state index < -0.39 is 5.97 Å². The molecule has 2 aromatic heterocycles. The lowest BCUT2D eigenvalue weighted by molar-refractivity contribution is -0.128. The molecule has 0 saturated heterocycles. The van der Waals surface area contributed by atoms with Gasteiger partial charge in [0.1, 0.15) is 5.75 Å². The zero-order valence-corrected chi connectivity index (χ0v) is 18.4. The Morgan fingerprint density at radius 3 is 2.59 bits per heavy atom. The van der Waals surface area contributed by atoms with Crippen LogP contribution < -0.4 is 4.74 Å². The average molecular weight is 434 g/mol. The Hall–Kier alpha value is -3.87. The summed E-state index contributed by atoms with van der Waals surface area (Å²) in [6.45, 7) is 4.57. The van der Waals surface area contributed by atoms with Gasteiger partial charge in [0.2, 0.25) is 11.7 Å². The van der Waals surface area contributed by atoms with Crippen LogP contribution in [0.4, 0.5) is 0 Å². The maximum Gasteiger partial charge on any atom is 0.374 e. The van der Waals surface area contributed by atoms with Crippen molar-refractivity contribution in [1.29, 1.82) is 0 Å². The van der Waals surface area contributed by atoms with E-state index in [9.17, 15) is 9.59 Å². The van der Waals surface area contributed by atoms with Crippen LogP contribution in [0.1, 0.15) is 47.3 Å². The van der Waals surface area contributed by atoms with Crippen molar-refractivity contribution >= 4 is 18.0 Å². The van der Waals surface area contributed by atoms with Gasteiger partial charge in [0.25, 0.3) is 0 Å². The first kappa shape index (κ1) is 22.8. The number of esters is 1. The number of nitrogens with zero attached hydrogens (tertiary/aromatic N) is 2. The molecular weight excluding hydrogens is 408 g/mol. The number of aromatic nitrogens is 1. The highest BCUT2D eigenvalue weighted by Crippen LogP contribution is 2.24. The zero-order chi connectivity index (χ0) is 22.9. The molecule has 0 saturated carbocycles. The molecular formula is C25H26N2O5. The molecule has 0 aliphatic heterocycles. The lowest BCUT2D eigenvalue weighted by Crippen LogP contribution is -2.32. The number of pyridine rings is 1. The number of hydrogen-bond donors (Lipinski definition) is 0. The number of hydrogen-bond acceptors (Lipinski definition) is 6. The molecule has 3 rings (SSSR count). The number of methoxy groups -OCH3 is 1. The summed E-state index contributed by atoms with van der Waals surface area (Å²) in [5.74, 6) is 0.0348. The summed E-state index contributed by atoms with van der Waals surface area (Å²) >= 11 is 0. The summed E-state index contributed by atoms with van der Waals surface area (Å²) in [5, 5.41) is 0. The van der Waals surface area contributed by atoms with E-state index in [1.165, 1.54) is 19.4 Å². The Balaban J connectivity index is 1.85. The van der Waals surface area contributed by atoms with E-state index in [1.54, 1.807) is 23.2 Å². The van der Waals surface area contributed by atoms with Gasteiger partial charge in [-0.05, 0) is 55.8 Å². The molecule has 7 nitrogen and oxygen atoms in total. The molecule has 32 heavy (non-hydrogen) atoms. The first-order valence-electron chi connectivity index (χ1n) is 10.3. The van der Waals surface area contributed by atoms with Crippen LogP contribution in [0.5, 0.6) is 5.75 Å². The summed E-state index contributed by atoms with van der Waals surface area (Å²) in [5.41, 5.74) is 2.16. The average Bonchev–Trinajstić information content (AvgIpc) is 3.30. The second-order valence-electron chi connectivity index (χ2n) is 7.00. The number of amides is 1. The van der Waals surface area contributed by atoms with Gasteiger partial charge in [-0.15, -0.1) is 0 Å². The molecule has 0 bridgehead atoms. The van der Waals surface area contributed by atoms with E-state index in [4.69, 9.17) is 13.9 Å². The SMILES string of the molecule is CCOc1ccc(/C=C\C(=O)N(Cc2ccoc2C(=O)OC)[C@@H](C)c2ccccn2)cc1. The molecule has 0 unspecified atom stereocenters. The van der Waals surface area contributed by atoms with Crippen molar-refractivity contribution in [2.24, 2.45) is 0 Å². The van der Waals surface area contributed by atoms with Crippen LogP contribution in [-0.2, 0) is 16.1 Å². The summed E-state index contributed by atoms with van der Waals surface area (Å²) in [7, 11) is 1.29. The maximum atomic E-state index is 13.2. The number of furan rings is 1. The summed E-state index contributed by atoms with van der Waals surface area (Å²) in [4.78, 5) is 31.2. The first-order valence-corrected chi connectivity index (χ1v) is 10.3. The molecule has 0 aliphatic rings. The van der Waals surface area contributed by atoms with Crippen molar-refractivity contribution in [3.8, 4) is 5.75 Å². The fourth-order valence-corrected chi connectivity index (χ4v) is 3.21. The molecule has 1 amide bonds. The predicted molar refractivity (Wildman–Crippen MR) is 120 cm³/mol. The van der Waals surface area contributed by atoms with E-state index in [1.807, 2.05) is 56.3 Å². The van der Waals surface area contributed by atoms with Crippen LogP contribution in [0, 0.1) is 0 Å². The molecule has 0 radical (unpaired) electrons. The molecule has 0 N–H and O–H groups in total. The quantitative estimate of drug-likeness (QED) is 0.360. The second-order valence-corrected chi connectivity index (χ2v) is 7.00. The highest BCUT2D eigenvalue weighted by atomic mass is 16.5. The van der Waals surface area contributed by atoms with Crippen LogP contribution in [0.25, 0.3) is 6.08 Å².